The van der Waals surface area contributed by atoms with Crippen LogP contribution in [0.1, 0.15) is 13.0 Å². The molecule has 1 rings (SSSR count). The van der Waals surface area contributed by atoms with Crippen LogP contribution in [0, 0.1) is 5.82 Å². The first-order valence-electron chi connectivity index (χ1n) is 3.82. The molecule has 1 aromatic carbocycles. The second-order valence-corrected chi connectivity index (χ2v) is 3.26. The third kappa shape index (κ3) is 2.27. The van der Waals surface area contributed by atoms with E-state index in [-0.39, 0.29) is 5.56 Å². The van der Waals surface area contributed by atoms with E-state index >= 15 is 0 Å². The highest BCUT2D eigenvalue weighted by Gasteiger charge is 2.06. The van der Waals surface area contributed by atoms with E-state index in [0.717, 1.165) is 6.07 Å². The summed E-state index contributed by atoms with van der Waals surface area (Å²) in [5.41, 5.74) is 5.64. The lowest BCUT2D eigenvalue weighted by atomic mass is 10.1. The Bertz CT molecular complexity index is 299. The van der Waals surface area contributed by atoms with Crippen molar-refractivity contribution in [2.45, 2.75) is 6.02 Å². The summed E-state index contributed by atoms with van der Waals surface area (Å²) in [5.74, 6) is -0.486. The lowest BCUT2D eigenvalue weighted by Crippen LogP contribution is -2.14. The summed E-state index contributed by atoms with van der Waals surface area (Å²) >= 11 is 3.07. The van der Waals surface area contributed by atoms with Gasteiger partial charge in [-0.15, -0.1) is 0 Å². The largest absolute Gasteiger partial charge is 0.394 e. The molecule has 0 aliphatic carbocycles. The standard InChI is InChI=1S/C8H9BrFNO/c9-6-1-5(8(11)4-12)2-7(10)3-6/h1-3,8,12H,4,11H2/t8-/m1/s1/i8D. The normalized spacial score (nSPS) is 16.8. The molecule has 0 aliphatic heterocycles. The minimum atomic E-state index is -1.65. The van der Waals surface area contributed by atoms with Crippen LogP contribution in [0.4, 0.5) is 4.39 Å². The third-order valence-electron chi connectivity index (χ3n) is 1.40. The highest BCUT2D eigenvalue weighted by molar-refractivity contribution is 9.10. The number of benzene rings is 1. The molecule has 1 atom stereocenters. The Hall–Kier alpha value is -0.450. The van der Waals surface area contributed by atoms with Crippen LogP contribution in [0.15, 0.2) is 22.7 Å². The number of hydrogen-bond donors (Lipinski definition) is 2. The zero-order valence-electron chi connectivity index (χ0n) is 7.22. The fraction of sp³-hybridized carbons (Fsp3) is 0.250. The van der Waals surface area contributed by atoms with Gasteiger partial charge in [-0.3, -0.25) is 0 Å². The predicted molar refractivity (Wildman–Crippen MR) is 48.1 cm³/mol. The van der Waals surface area contributed by atoms with Crippen molar-refractivity contribution in [1.29, 1.82) is 0 Å². The van der Waals surface area contributed by atoms with Crippen molar-refractivity contribution in [1.82, 2.24) is 0 Å². The van der Waals surface area contributed by atoms with E-state index in [4.69, 9.17) is 12.2 Å². The molecule has 0 amide bonds. The zero-order chi connectivity index (χ0) is 10.1. The number of hydrogen-bond acceptors (Lipinski definition) is 2. The van der Waals surface area contributed by atoms with Crippen molar-refractivity contribution < 1.29 is 10.9 Å². The first kappa shape index (κ1) is 8.16. The predicted octanol–water partition coefficient (Wildman–Crippen LogP) is 1.58. The van der Waals surface area contributed by atoms with Crippen LogP contribution in [0.25, 0.3) is 0 Å². The van der Waals surface area contributed by atoms with Crippen molar-refractivity contribution in [2.24, 2.45) is 5.73 Å². The maximum absolute atomic E-state index is 12.8. The van der Waals surface area contributed by atoms with E-state index in [2.05, 4.69) is 15.9 Å². The maximum Gasteiger partial charge on any atom is 0.124 e. The molecular weight excluding hydrogens is 225 g/mol. The fourth-order valence-electron chi connectivity index (χ4n) is 0.831. The molecule has 0 aliphatic rings. The van der Waals surface area contributed by atoms with Crippen LogP contribution in [0.5, 0.6) is 0 Å². The molecule has 3 N–H and O–H groups in total. The molecule has 1 aromatic rings. The van der Waals surface area contributed by atoms with Gasteiger partial charge in [-0.2, -0.15) is 0 Å². The SMILES string of the molecule is [2H][C@@](N)(CO)c1cc(F)cc(Br)c1. The highest BCUT2D eigenvalue weighted by atomic mass is 79.9. The van der Waals surface area contributed by atoms with Gasteiger partial charge in [0, 0.05) is 4.47 Å². The van der Waals surface area contributed by atoms with Gasteiger partial charge in [0.2, 0.25) is 0 Å². The zero-order valence-corrected chi connectivity index (χ0v) is 7.81. The minimum Gasteiger partial charge on any atom is -0.394 e. The lowest BCUT2D eigenvalue weighted by molar-refractivity contribution is 0.267. The van der Waals surface area contributed by atoms with Crippen molar-refractivity contribution >= 4 is 15.9 Å². The molecular formula is C8H9BrFNO. The second kappa shape index (κ2) is 3.98. The Morgan fingerprint density at radius 3 is 2.83 bits per heavy atom. The van der Waals surface area contributed by atoms with Crippen molar-refractivity contribution in [3.8, 4) is 0 Å². The molecule has 0 radical (unpaired) electrons. The summed E-state index contributed by atoms with van der Waals surface area (Å²) in [5, 5.41) is 8.78. The van der Waals surface area contributed by atoms with Crippen LogP contribution in [0.3, 0.4) is 0 Å². The van der Waals surface area contributed by atoms with E-state index in [1.54, 1.807) is 0 Å². The Morgan fingerprint density at radius 2 is 2.33 bits per heavy atom. The van der Waals surface area contributed by atoms with Gasteiger partial charge >= 0.3 is 0 Å². The van der Waals surface area contributed by atoms with Crippen LogP contribution >= 0.6 is 15.9 Å². The van der Waals surface area contributed by atoms with Crippen molar-refractivity contribution in [2.75, 3.05) is 6.61 Å². The second-order valence-electron chi connectivity index (χ2n) is 2.34. The monoisotopic (exact) mass is 234 g/mol. The van der Waals surface area contributed by atoms with Gasteiger partial charge in [-0.1, -0.05) is 15.9 Å². The minimum absolute atomic E-state index is 0.238. The van der Waals surface area contributed by atoms with E-state index in [9.17, 15) is 4.39 Å². The van der Waals surface area contributed by atoms with Gasteiger partial charge < -0.3 is 10.8 Å². The molecule has 0 aromatic heterocycles. The van der Waals surface area contributed by atoms with E-state index in [1.807, 2.05) is 0 Å². The third-order valence-corrected chi connectivity index (χ3v) is 1.86. The van der Waals surface area contributed by atoms with Gasteiger partial charge in [-0.05, 0) is 23.8 Å². The van der Waals surface area contributed by atoms with Gasteiger partial charge in [0.1, 0.15) is 5.82 Å². The fourth-order valence-corrected chi connectivity index (χ4v) is 1.30. The van der Waals surface area contributed by atoms with Crippen LogP contribution in [-0.4, -0.2) is 11.7 Å². The van der Waals surface area contributed by atoms with Gasteiger partial charge in [-0.25, -0.2) is 4.39 Å². The van der Waals surface area contributed by atoms with E-state index < -0.39 is 18.4 Å². The Morgan fingerprint density at radius 1 is 1.67 bits per heavy atom. The summed E-state index contributed by atoms with van der Waals surface area (Å²) in [6.07, 6.45) is 0. The summed E-state index contributed by atoms with van der Waals surface area (Å²) in [4.78, 5) is 0. The molecule has 0 heterocycles. The van der Waals surface area contributed by atoms with Gasteiger partial charge in [0.15, 0.2) is 0 Å². The summed E-state index contributed by atoms with van der Waals surface area (Å²) in [6, 6.07) is 2.25. The topological polar surface area (TPSA) is 46.2 Å². The Balaban J connectivity index is 3.15. The first-order valence-corrected chi connectivity index (χ1v) is 4.11. The molecule has 0 saturated heterocycles. The number of halogens is 2. The van der Waals surface area contributed by atoms with Gasteiger partial charge in [0.05, 0.1) is 14.0 Å². The molecule has 4 heteroatoms. The summed E-state index contributed by atoms with van der Waals surface area (Å²) in [6.45, 7) is -0.553. The molecule has 12 heavy (non-hydrogen) atoms. The lowest BCUT2D eigenvalue weighted by Gasteiger charge is -2.08. The first-order chi connectivity index (χ1) is 5.95. The van der Waals surface area contributed by atoms with Crippen LogP contribution < -0.4 is 5.73 Å². The van der Waals surface area contributed by atoms with E-state index in [0.29, 0.717) is 4.47 Å². The number of nitrogens with two attached hydrogens (primary N) is 1. The number of aliphatic hydroxyl groups excluding tert-OH is 1. The van der Waals surface area contributed by atoms with Crippen LogP contribution in [-0.2, 0) is 0 Å². The average molecular weight is 235 g/mol. The van der Waals surface area contributed by atoms with Crippen molar-refractivity contribution in [3.63, 3.8) is 0 Å². The molecule has 2 nitrogen and oxygen atoms in total. The average Bonchev–Trinajstić information content (AvgIpc) is 2.02. The Kier molecular flexibility index (Phi) is 2.71. The quantitative estimate of drug-likeness (QED) is 0.817. The molecule has 66 valence electrons. The molecule has 0 unspecified atom stereocenters. The molecule has 0 saturated carbocycles. The molecule has 0 fully saturated rings. The van der Waals surface area contributed by atoms with E-state index in [1.165, 1.54) is 12.1 Å². The smallest absolute Gasteiger partial charge is 0.124 e. The maximum atomic E-state index is 12.8. The number of rotatable bonds is 2. The highest BCUT2D eigenvalue weighted by Crippen LogP contribution is 2.18. The summed E-state index contributed by atoms with van der Waals surface area (Å²) in [7, 11) is 0. The van der Waals surface area contributed by atoms with Gasteiger partial charge in [0.25, 0.3) is 0 Å². The van der Waals surface area contributed by atoms with Crippen LogP contribution in [0.2, 0.25) is 0 Å². The summed E-state index contributed by atoms with van der Waals surface area (Å²) < 4.78 is 20.8. The van der Waals surface area contributed by atoms with Crippen molar-refractivity contribution in [3.05, 3.63) is 34.1 Å². The molecule has 0 bridgehead atoms. The molecule has 0 spiro atoms. The number of aliphatic hydroxyl groups is 1. The Labute approximate surface area is 79.7 Å².